The Balaban J connectivity index is 2.64. The van der Waals surface area contributed by atoms with E-state index in [1.54, 1.807) is 6.07 Å². The maximum atomic E-state index is 12.3. The van der Waals surface area contributed by atoms with Crippen molar-refractivity contribution in [1.29, 1.82) is 0 Å². The summed E-state index contributed by atoms with van der Waals surface area (Å²) in [6.45, 7) is 7.67. The normalized spacial score (nSPS) is 14.5. The van der Waals surface area contributed by atoms with Gasteiger partial charge in [0.1, 0.15) is 4.60 Å². The van der Waals surface area contributed by atoms with Gasteiger partial charge in [0.05, 0.1) is 23.8 Å². The summed E-state index contributed by atoms with van der Waals surface area (Å²) >= 11 is 3.28. The van der Waals surface area contributed by atoms with Gasteiger partial charge in [0.15, 0.2) is 6.29 Å². The number of aliphatic hydroxyl groups excluding tert-OH is 1. The molecule has 1 radical (unpaired) electrons. The second-order valence-corrected chi connectivity index (χ2v) is 6.93. The van der Waals surface area contributed by atoms with Crippen molar-refractivity contribution in [3.8, 4) is 0 Å². The molecule has 1 amide bonds. The molecular formula is C16H24BrN2O3. The summed E-state index contributed by atoms with van der Waals surface area (Å²) in [7, 11) is 0. The van der Waals surface area contributed by atoms with Gasteiger partial charge in [-0.3, -0.25) is 4.79 Å². The Morgan fingerprint density at radius 3 is 2.68 bits per heavy atom. The Morgan fingerprint density at radius 1 is 1.45 bits per heavy atom. The molecule has 0 aliphatic heterocycles. The lowest BCUT2D eigenvalue weighted by molar-refractivity contribution is -0.195. The number of hydrogen-bond donors (Lipinski definition) is 1. The molecule has 5 nitrogen and oxygen atoms in total. The number of carbonyl (C=O) groups excluding carboxylic acids is 1. The largest absolute Gasteiger partial charge is 0.367 e. The van der Waals surface area contributed by atoms with Gasteiger partial charge in [-0.15, -0.1) is 0 Å². The van der Waals surface area contributed by atoms with E-state index in [1.807, 2.05) is 39.8 Å². The van der Waals surface area contributed by atoms with Crippen LogP contribution in [0.1, 0.15) is 46.2 Å². The number of halogens is 1. The fourth-order valence-electron chi connectivity index (χ4n) is 1.96. The number of hydrogen-bond acceptors (Lipinski definition) is 4. The van der Waals surface area contributed by atoms with Crippen LogP contribution in [-0.4, -0.2) is 27.9 Å². The minimum atomic E-state index is -1.15. The number of pyridine rings is 1. The van der Waals surface area contributed by atoms with Crippen molar-refractivity contribution in [3.63, 3.8) is 0 Å². The SMILES string of the molecule is CCCC(C(=O)[N]Cc1cccc(Br)n1)C(O)OC(C)(C)C. The lowest BCUT2D eigenvalue weighted by Crippen LogP contribution is -2.39. The monoisotopic (exact) mass is 371 g/mol. The Labute approximate surface area is 140 Å². The van der Waals surface area contributed by atoms with Gasteiger partial charge >= 0.3 is 0 Å². The minimum Gasteiger partial charge on any atom is -0.367 e. The summed E-state index contributed by atoms with van der Waals surface area (Å²) in [4.78, 5) is 16.5. The summed E-state index contributed by atoms with van der Waals surface area (Å²) in [5.41, 5.74) is 0.182. The molecule has 0 fully saturated rings. The third kappa shape index (κ3) is 6.85. The first kappa shape index (κ1) is 19.1. The first-order valence-electron chi connectivity index (χ1n) is 7.41. The van der Waals surface area contributed by atoms with Crippen LogP contribution in [0, 0.1) is 5.92 Å². The number of rotatable bonds is 7. The number of amides is 1. The zero-order valence-electron chi connectivity index (χ0n) is 13.5. The third-order valence-electron chi connectivity index (χ3n) is 2.91. The van der Waals surface area contributed by atoms with Gasteiger partial charge in [0.2, 0.25) is 5.91 Å². The van der Waals surface area contributed by atoms with E-state index < -0.39 is 17.8 Å². The molecule has 0 bridgehead atoms. The molecule has 0 aromatic carbocycles. The molecule has 0 aliphatic carbocycles. The molecule has 1 aromatic heterocycles. The van der Waals surface area contributed by atoms with Crippen LogP contribution in [0.4, 0.5) is 0 Å². The summed E-state index contributed by atoms with van der Waals surface area (Å²) in [6.07, 6.45) is 0.156. The predicted molar refractivity (Wildman–Crippen MR) is 88.0 cm³/mol. The van der Waals surface area contributed by atoms with E-state index in [0.717, 1.165) is 6.42 Å². The molecule has 1 rings (SSSR count). The molecule has 0 aliphatic rings. The molecule has 123 valence electrons. The molecule has 1 heterocycles. The van der Waals surface area contributed by atoms with Crippen molar-refractivity contribution in [2.75, 3.05) is 0 Å². The predicted octanol–water partition coefficient (Wildman–Crippen LogP) is 3.02. The highest BCUT2D eigenvalue weighted by molar-refractivity contribution is 9.10. The maximum absolute atomic E-state index is 12.3. The highest BCUT2D eigenvalue weighted by atomic mass is 79.9. The van der Waals surface area contributed by atoms with Crippen molar-refractivity contribution < 1.29 is 14.6 Å². The van der Waals surface area contributed by atoms with E-state index in [0.29, 0.717) is 16.7 Å². The Bertz CT molecular complexity index is 489. The fraction of sp³-hybridized carbons (Fsp3) is 0.625. The number of nitrogens with zero attached hydrogens (tertiary/aromatic N) is 2. The molecule has 2 unspecified atom stereocenters. The van der Waals surface area contributed by atoms with E-state index in [2.05, 4.69) is 26.2 Å². The molecular weight excluding hydrogens is 348 g/mol. The maximum Gasteiger partial charge on any atom is 0.249 e. The van der Waals surface area contributed by atoms with Crippen molar-refractivity contribution in [1.82, 2.24) is 10.3 Å². The van der Waals surface area contributed by atoms with Crippen LogP contribution >= 0.6 is 15.9 Å². The average molecular weight is 372 g/mol. The van der Waals surface area contributed by atoms with Gasteiger partial charge < -0.3 is 9.84 Å². The molecule has 1 aromatic rings. The van der Waals surface area contributed by atoms with Gasteiger partial charge in [0, 0.05) is 0 Å². The summed E-state index contributed by atoms with van der Waals surface area (Å²) in [6, 6.07) is 5.46. The second kappa shape index (κ2) is 8.60. The zero-order chi connectivity index (χ0) is 16.8. The molecule has 22 heavy (non-hydrogen) atoms. The first-order chi connectivity index (χ1) is 10.2. The molecule has 0 saturated carbocycles. The molecule has 0 spiro atoms. The van der Waals surface area contributed by atoms with E-state index in [9.17, 15) is 9.90 Å². The van der Waals surface area contributed by atoms with Crippen LogP contribution in [0.15, 0.2) is 22.8 Å². The number of aromatic nitrogens is 1. The van der Waals surface area contributed by atoms with Gasteiger partial charge in [-0.05, 0) is 55.3 Å². The van der Waals surface area contributed by atoms with Crippen LogP contribution < -0.4 is 5.32 Å². The standard InChI is InChI=1S/C16H24BrN2O3/c1-5-7-12(15(21)22-16(2,3)4)14(20)18-10-11-8-6-9-13(17)19-11/h6,8-9,12,15,21H,5,7,10H2,1-4H3. The smallest absolute Gasteiger partial charge is 0.249 e. The average Bonchev–Trinajstić information content (AvgIpc) is 2.40. The second-order valence-electron chi connectivity index (χ2n) is 6.12. The number of carbonyl (C=O) groups is 1. The molecule has 0 saturated heterocycles. The highest BCUT2D eigenvalue weighted by Gasteiger charge is 2.30. The first-order valence-corrected chi connectivity index (χ1v) is 8.21. The highest BCUT2D eigenvalue weighted by Crippen LogP contribution is 2.20. The van der Waals surface area contributed by atoms with Crippen molar-refractivity contribution in [2.24, 2.45) is 5.92 Å². The van der Waals surface area contributed by atoms with E-state index in [4.69, 9.17) is 4.74 Å². The summed E-state index contributed by atoms with van der Waals surface area (Å²) < 4.78 is 6.20. The van der Waals surface area contributed by atoms with Gasteiger partial charge in [0.25, 0.3) is 0 Å². The zero-order valence-corrected chi connectivity index (χ0v) is 15.1. The topological polar surface area (TPSA) is 73.5 Å². The Morgan fingerprint density at radius 2 is 2.14 bits per heavy atom. The number of aliphatic hydroxyl groups is 1. The van der Waals surface area contributed by atoms with Crippen LogP contribution in [0.25, 0.3) is 0 Å². The van der Waals surface area contributed by atoms with Crippen LogP contribution in [-0.2, 0) is 16.1 Å². The Kier molecular flexibility index (Phi) is 7.45. The summed E-state index contributed by atoms with van der Waals surface area (Å²) in [5, 5.41) is 14.2. The van der Waals surface area contributed by atoms with Crippen molar-refractivity contribution >= 4 is 21.8 Å². The Hall–Kier alpha value is -0.980. The van der Waals surface area contributed by atoms with Crippen LogP contribution in [0.5, 0.6) is 0 Å². The quantitative estimate of drug-likeness (QED) is 0.590. The van der Waals surface area contributed by atoms with Gasteiger partial charge in [-0.2, -0.15) is 0 Å². The van der Waals surface area contributed by atoms with Crippen molar-refractivity contribution in [2.45, 2.75) is 59.0 Å². The van der Waals surface area contributed by atoms with Crippen LogP contribution in [0.3, 0.4) is 0 Å². The van der Waals surface area contributed by atoms with Crippen LogP contribution in [0.2, 0.25) is 0 Å². The van der Waals surface area contributed by atoms with E-state index in [-0.39, 0.29) is 12.5 Å². The van der Waals surface area contributed by atoms with Gasteiger partial charge in [-0.25, -0.2) is 10.3 Å². The summed E-state index contributed by atoms with van der Waals surface area (Å²) in [5.74, 6) is -0.989. The third-order valence-corrected chi connectivity index (χ3v) is 3.35. The van der Waals surface area contributed by atoms with E-state index >= 15 is 0 Å². The fourth-order valence-corrected chi connectivity index (χ4v) is 2.34. The molecule has 6 heteroatoms. The van der Waals surface area contributed by atoms with Gasteiger partial charge in [-0.1, -0.05) is 19.4 Å². The van der Waals surface area contributed by atoms with E-state index in [1.165, 1.54) is 0 Å². The lowest BCUT2D eigenvalue weighted by atomic mass is 10.0. The number of ether oxygens (including phenoxy) is 1. The molecule has 2 atom stereocenters. The molecule has 1 N–H and O–H groups in total. The minimum absolute atomic E-state index is 0.195. The van der Waals surface area contributed by atoms with Crippen molar-refractivity contribution in [3.05, 3.63) is 28.5 Å². The lowest BCUT2D eigenvalue weighted by Gasteiger charge is -2.28.